The number of likely N-dealkylation sites (tertiary alicyclic amines) is 1. The summed E-state index contributed by atoms with van der Waals surface area (Å²) < 4.78 is 0. The lowest BCUT2D eigenvalue weighted by molar-refractivity contribution is -0.136. The molecule has 1 saturated carbocycles. The lowest BCUT2D eigenvalue weighted by Crippen LogP contribution is -2.44. The van der Waals surface area contributed by atoms with Crippen molar-refractivity contribution in [1.29, 1.82) is 0 Å². The molecule has 1 amide bonds. The van der Waals surface area contributed by atoms with E-state index in [-0.39, 0.29) is 12.0 Å². The Kier molecular flexibility index (Phi) is 5.88. The monoisotopic (exact) mass is 280 g/mol. The van der Waals surface area contributed by atoms with E-state index >= 15 is 0 Å². The molecule has 0 aromatic rings. The van der Waals surface area contributed by atoms with Gasteiger partial charge >= 0.3 is 0 Å². The van der Waals surface area contributed by atoms with Crippen LogP contribution in [0.2, 0.25) is 0 Å². The zero-order valence-corrected chi connectivity index (χ0v) is 13.3. The average Bonchev–Trinajstić information content (AvgIpc) is 2.78. The van der Waals surface area contributed by atoms with E-state index < -0.39 is 0 Å². The normalized spacial score (nSPS) is 32.8. The van der Waals surface area contributed by atoms with Gasteiger partial charge in [0.15, 0.2) is 0 Å². The van der Waals surface area contributed by atoms with Crippen LogP contribution < -0.4 is 5.73 Å². The lowest BCUT2D eigenvalue weighted by Gasteiger charge is -2.28. The molecule has 1 aliphatic carbocycles. The fraction of sp³-hybridized carbons (Fsp3) is 0.941. The molecular weight excluding hydrogens is 248 g/mol. The van der Waals surface area contributed by atoms with Crippen LogP contribution in [-0.4, -0.2) is 29.9 Å². The summed E-state index contributed by atoms with van der Waals surface area (Å²) in [6.45, 7) is 6.52. The van der Waals surface area contributed by atoms with Crippen LogP contribution >= 0.6 is 0 Å². The SMILES string of the molecule is CC(C)C1CCCN(C(=O)C2CCCCCC2N)CC1. The van der Waals surface area contributed by atoms with Gasteiger partial charge in [0, 0.05) is 19.1 Å². The lowest BCUT2D eigenvalue weighted by atomic mass is 9.89. The van der Waals surface area contributed by atoms with Crippen molar-refractivity contribution in [3.05, 3.63) is 0 Å². The standard InChI is InChI=1S/C17H32N2O/c1-13(2)14-7-6-11-19(12-10-14)17(20)15-8-4-3-5-9-16(15)18/h13-16H,3-12,18H2,1-2H3. The van der Waals surface area contributed by atoms with Gasteiger partial charge in [-0.25, -0.2) is 0 Å². The number of hydrogen-bond donors (Lipinski definition) is 1. The van der Waals surface area contributed by atoms with E-state index in [1.165, 1.54) is 32.1 Å². The van der Waals surface area contributed by atoms with Crippen molar-refractivity contribution in [2.45, 2.75) is 71.3 Å². The zero-order valence-electron chi connectivity index (χ0n) is 13.3. The minimum atomic E-state index is 0.0908. The summed E-state index contributed by atoms with van der Waals surface area (Å²) in [5, 5.41) is 0. The molecular formula is C17H32N2O. The highest BCUT2D eigenvalue weighted by Gasteiger charge is 2.31. The molecule has 0 spiro atoms. The maximum absolute atomic E-state index is 12.8. The second-order valence-electron chi connectivity index (χ2n) is 7.17. The summed E-state index contributed by atoms with van der Waals surface area (Å²) in [5.74, 6) is 1.97. The predicted octanol–water partition coefficient (Wildman–Crippen LogP) is 3.18. The van der Waals surface area contributed by atoms with E-state index in [1.54, 1.807) is 0 Å². The van der Waals surface area contributed by atoms with Crippen LogP contribution in [0.4, 0.5) is 0 Å². The van der Waals surface area contributed by atoms with Crippen molar-refractivity contribution >= 4 is 5.91 Å². The van der Waals surface area contributed by atoms with Gasteiger partial charge in [-0.2, -0.15) is 0 Å². The fourth-order valence-electron chi connectivity index (χ4n) is 3.89. The molecule has 1 aliphatic heterocycles. The number of rotatable bonds is 2. The van der Waals surface area contributed by atoms with Gasteiger partial charge in [0.25, 0.3) is 0 Å². The number of carbonyl (C=O) groups excluding carboxylic acids is 1. The molecule has 1 saturated heterocycles. The summed E-state index contributed by atoms with van der Waals surface area (Å²) >= 11 is 0. The van der Waals surface area contributed by atoms with Gasteiger partial charge in [-0.3, -0.25) is 4.79 Å². The number of nitrogens with two attached hydrogens (primary N) is 1. The zero-order chi connectivity index (χ0) is 14.5. The van der Waals surface area contributed by atoms with Gasteiger partial charge in [-0.15, -0.1) is 0 Å². The van der Waals surface area contributed by atoms with E-state index in [1.807, 2.05) is 0 Å². The number of nitrogens with zero attached hydrogens (tertiary/aromatic N) is 1. The molecule has 3 heteroatoms. The van der Waals surface area contributed by atoms with E-state index in [9.17, 15) is 4.79 Å². The van der Waals surface area contributed by atoms with Gasteiger partial charge in [0.05, 0.1) is 5.92 Å². The Balaban J connectivity index is 1.94. The second-order valence-corrected chi connectivity index (χ2v) is 7.17. The van der Waals surface area contributed by atoms with Crippen molar-refractivity contribution in [2.24, 2.45) is 23.5 Å². The highest BCUT2D eigenvalue weighted by Crippen LogP contribution is 2.28. The summed E-state index contributed by atoms with van der Waals surface area (Å²) in [5.41, 5.74) is 6.25. The van der Waals surface area contributed by atoms with E-state index in [4.69, 9.17) is 5.73 Å². The maximum Gasteiger partial charge on any atom is 0.227 e. The first-order valence-corrected chi connectivity index (χ1v) is 8.64. The smallest absolute Gasteiger partial charge is 0.227 e. The number of hydrogen-bond acceptors (Lipinski definition) is 2. The summed E-state index contributed by atoms with van der Waals surface area (Å²) in [7, 11) is 0. The third-order valence-electron chi connectivity index (χ3n) is 5.41. The molecule has 2 N–H and O–H groups in total. The molecule has 0 bridgehead atoms. The molecule has 2 fully saturated rings. The predicted molar refractivity (Wildman–Crippen MR) is 83.3 cm³/mol. The first-order valence-electron chi connectivity index (χ1n) is 8.64. The maximum atomic E-state index is 12.8. The summed E-state index contributed by atoms with van der Waals surface area (Å²) in [6, 6.07) is 0.0918. The molecule has 0 radical (unpaired) electrons. The van der Waals surface area contributed by atoms with Crippen LogP contribution in [-0.2, 0) is 4.79 Å². The molecule has 3 atom stereocenters. The highest BCUT2D eigenvalue weighted by atomic mass is 16.2. The molecule has 3 unspecified atom stereocenters. The van der Waals surface area contributed by atoms with Crippen molar-refractivity contribution in [1.82, 2.24) is 4.90 Å². The molecule has 3 nitrogen and oxygen atoms in total. The fourth-order valence-corrected chi connectivity index (χ4v) is 3.89. The van der Waals surface area contributed by atoms with Gasteiger partial charge < -0.3 is 10.6 Å². The molecule has 116 valence electrons. The number of amides is 1. The molecule has 20 heavy (non-hydrogen) atoms. The summed E-state index contributed by atoms with van der Waals surface area (Å²) in [4.78, 5) is 14.9. The minimum absolute atomic E-state index is 0.0908. The Labute approximate surface area is 124 Å². The molecule has 0 aromatic heterocycles. The summed E-state index contributed by atoms with van der Waals surface area (Å²) in [6.07, 6.45) is 9.25. The molecule has 2 rings (SSSR count). The van der Waals surface area contributed by atoms with Crippen molar-refractivity contribution in [3.8, 4) is 0 Å². The second kappa shape index (κ2) is 7.44. The van der Waals surface area contributed by atoms with Crippen molar-refractivity contribution < 1.29 is 4.79 Å². The van der Waals surface area contributed by atoms with Crippen LogP contribution in [0.25, 0.3) is 0 Å². The third kappa shape index (κ3) is 3.97. The van der Waals surface area contributed by atoms with Crippen LogP contribution in [0.5, 0.6) is 0 Å². The topological polar surface area (TPSA) is 46.3 Å². The van der Waals surface area contributed by atoms with Gasteiger partial charge in [0.1, 0.15) is 0 Å². The van der Waals surface area contributed by atoms with Gasteiger partial charge in [0.2, 0.25) is 5.91 Å². The minimum Gasteiger partial charge on any atom is -0.342 e. The van der Waals surface area contributed by atoms with Crippen LogP contribution in [0.15, 0.2) is 0 Å². The Hall–Kier alpha value is -0.570. The van der Waals surface area contributed by atoms with Crippen LogP contribution in [0.3, 0.4) is 0 Å². The average molecular weight is 280 g/mol. The Morgan fingerprint density at radius 3 is 2.50 bits per heavy atom. The highest BCUT2D eigenvalue weighted by molar-refractivity contribution is 5.79. The van der Waals surface area contributed by atoms with Crippen molar-refractivity contribution in [2.75, 3.05) is 13.1 Å². The Morgan fingerprint density at radius 1 is 1.00 bits per heavy atom. The van der Waals surface area contributed by atoms with E-state index in [2.05, 4.69) is 18.7 Å². The quantitative estimate of drug-likeness (QED) is 0.790. The Bertz CT molecular complexity index is 316. The van der Waals surface area contributed by atoms with Crippen molar-refractivity contribution in [3.63, 3.8) is 0 Å². The molecule has 0 aromatic carbocycles. The van der Waals surface area contributed by atoms with E-state index in [0.717, 1.165) is 44.2 Å². The van der Waals surface area contributed by atoms with Gasteiger partial charge in [-0.05, 0) is 43.9 Å². The first-order chi connectivity index (χ1) is 9.59. The Morgan fingerprint density at radius 2 is 1.75 bits per heavy atom. The third-order valence-corrected chi connectivity index (χ3v) is 5.41. The number of carbonyl (C=O) groups is 1. The van der Waals surface area contributed by atoms with E-state index in [0.29, 0.717) is 5.91 Å². The van der Waals surface area contributed by atoms with Crippen LogP contribution in [0.1, 0.15) is 65.2 Å². The largest absolute Gasteiger partial charge is 0.342 e. The van der Waals surface area contributed by atoms with Crippen LogP contribution in [0, 0.1) is 17.8 Å². The molecule has 2 aliphatic rings. The van der Waals surface area contributed by atoms with Gasteiger partial charge in [-0.1, -0.05) is 33.1 Å². The molecule has 1 heterocycles. The first kappa shape index (κ1) is 15.8.